The summed E-state index contributed by atoms with van der Waals surface area (Å²) < 4.78 is 6.05. The molecule has 0 aliphatic heterocycles. The fourth-order valence-electron chi connectivity index (χ4n) is 4.22. The number of aliphatic carboxylic acids is 1. The number of carbonyl (C=O) groups is 2. The molecule has 0 unspecified atom stereocenters. The van der Waals surface area contributed by atoms with Gasteiger partial charge in [0.15, 0.2) is 0 Å². The first-order valence-electron chi connectivity index (χ1n) is 11.5. The van der Waals surface area contributed by atoms with Crippen molar-refractivity contribution in [3.63, 3.8) is 0 Å². The molecule has 8 heteroatoms. The molecule has 2 heterocycles. The van der Waals surface area contributed by atoms with E-state index in [1.807, 2.05) is 48.5 Å². The molecule has 5 aromatic rings. The van der Waals surface area contributed by atoms with Gasteiger partial charge in [-0.15, -0.1) is 11.3 Å². The number of thiophene rings is 1. The van der Waals surface area contributed by atoms with Gasteiger partial charge in [0, 0.05) is 22.6 Å². The number of carbonyl (C=O) groups excluding carboxylic acids is 1. The highest BCUT2D eigenvalue weighted by molar-refractivity contribution is 7.20. The van der Waals surface area contributed by atoms with Crippen molar-refractivity contribution >= 4 is 44.9 Å². The molecular formula is C29H22ClNO5S. The monoisotopic (exact) mass is 531 g/mol. The van der Waals surface area contributed by atoms with E-state index in [1.54, 1.807) is 30.7 Å². The molecular weight excluding hydrogens is 510 g/mol. The zero-order valence-electron chi connectivity index (χ0n) is 19.5. The first kappa shape index (κ1) is 24.6. The fourth-order valence-corrected chi connectivity index (χ4v) is 5.29. The number of rotatable bonds is 8. The van der Waals surface area contributed by atoms with Crippen LogP contribution in [0.5, 0.6) is 5.75 Å². The quantitative estimate of drug-likeness (QED) is 0.211. The summed E-state index contributed by atoms with van der Waals surface area (Å²) in [5.74, 6) is -1.50. The van der Waals surface area contributed by atoms with Gasteiger partial charge in [-0.2, -0.15) is 0 Å². The van der Waals surface area contributed by atoms with Gasteiger partial charge in [-0.05, 0) is 81.7 Å². The van der Waals surface area contributed by atoms with Gasteiger partial charge in [0.05, 0.1) is 17.4 Å². The number of hydrogen-bond donors (Lipinski definition) is 3. The average Bonchev–Trinajstić information content (AvgIpc) is 3.55. The van der Waals surface area contributed by atoms with Crippen LogP contribution in [0.25, 0.3) is 21.2 Å². The van der Waals surface area contributed by atoms with Crippen LogP contribution in [0, 0.1) is 0 Å². The molecule has 0 aliphatic rings. The Bertz CT molecular complexity index is 1570. The van der Waals surface area contributed by atoms with Crippen LogP contribution in [0.3, 0.4) is 0 Å². The van der Waals surface area contributed by atoms with E-state index in [2.05, 4.69) is 5.32 Å². The lowest BCUT2D eigenvalue weighted by Crippen LogP contribution is -2.42. The van der Waals surface area contributed by atoms with Crippen LogP contribution in [-0.4, -0.2) is 28.1 Å². The van der Waals surface area contributed by atoms with Crippen LogP contribution in [0.1, 0.15) is 26.4 Å². The molecule has 0 saturated carbocycles. The highest BCUT2D eigenvalue weighted by Crippen LogP contribution is 2.31. The van der Waals surface area contributed by atoms with Crippen molar-refractivity contribution in [1.82, 2.24) is 5.32 Å². The van der Waals surface area contributed by atoms with Crippen molar-refractivity contribution in [2.45, 2.75) is 18.9 Å². The minimum atomic E-state index is -1.14. The Morgan fingerprint density at radius 3 is 2.46 bits per heavy atom. The van der Waals surface area contributed by atoms with Crippen LogP contribution >= 0.6 is 22.9 Å². The summed E-state index contributed by atoms with van der Waals surface area (Å²) in [5, 5.41) is 24.1. The Morgan fingerprint density at radius 2 is 1.73 bits per heavy atom. The molecule has 0 spiro atoms. The van der Waals surface area contributed by atoms with Crippen molar-refractivity contribution in [1.29, 1.82) is 0 Å². The third-order valence-electron chi connectivity index (χ3n) is 6.11. The minimum absolute atomic E-state index is 0.0696. The van der Waals surface area contributed by atoms with E-state index >= 15 is 0 Å². The summed E-state index contributed by atoms with van der Waals surface area (Å²) in [6.07, 6.45) is 3.69. The molecule has 0 saturated heterocycles. The predicted octanol–water partition coefficient (Wildman–Crippen LogP) is 6.54. The molecule has 2 aromatic heterocycles. The molecule has 0 radical (unpaired) electrons. The number of amides is 1. The van der Waals surface area contributed by atoms with Crippen LogP contribution in [0.4, 0.5) is 0 Å². The number of carboxylic acid groups (broad SMARTS) is 1. The molecule has 37 heavy (non-hydrogen) atoms. The summed E-state index contributed by atoms with van der Waals surface area (Å²) in [5.41, 5.74) is 4.38. The number of halogens is 1. The summed E-state index contributed by atoms with van der Waals surface area (Å²) in [7, 11) is 0. The normalized spacial score (nSPS) is 11.9. The van der Waals surface area contributed by atoms with Gasteiger partial charge in [-0.3, -0.25) is 4.79 Å². The first-order chi connectivity index (χ1) is 17.9. The largest absolute Gasteiger partial charge is 0.508 e. The van der Waals surface area contributed by atoms with E-state index in [-0.39, 0.29) is 12.2 Å². The van der Waals surface area contributed by atoms with Crippen molar-refractivity contribution in [3.8, 4) is 16.9 Å². The standard InChI is InChI=1S/C29H22ClNO5S/c30-23-5-1-18(2-6-23)19-4-8-26-22(12-19)15-27(37-26)28(33)31-25(29(34)35)14-20-3-7-24(32)13-21(20)11-17-9-10-36-16-17/h1-10,12-13,15-16,25,32H,11,14H2,(H,31,33)(H,34,35)/t25-/m0/s1. The molecule has 0 fully saturated rings. The second-order valence-electron chi connectivity index (χ2n) is 8.70. The number of nitrogens with one attached hydrogen (secondary N) is 1. The number of phenolic OH excluding ortho intramolecular Hbond substituents is 1. The van der Waals surface area contributed by atoms with E-state index in [9.17, 15) is 19.8 Å². The number of phenols is 1. The predicted molar refractivity (Wildman–Crippen MR) is 144 cm³/mol. The maximum Gasteiger partial charge on any atom is 0.326 e. The summed E-state index contributed by atoms with van der Waals surface area (Å²) in [4.78, 5) is 25.6. The van der Waals surface area contributed by atoms with Gasteiger partial charge in [0.1, 0.15) is 11.8 Å². The Morgan fingerprint density at radius 1 is 0.946 bits per heavy atom. The van der Waals surface area contributed by atoms with Gasteiger partial charge in [-0.25, -0.2) is 4.79 Å². The first-order valence-corrected chi connectivity index (χ1v) is 12.7. The van der Waals surface area contributed by atoms with E-state index in [0.717, 1.165) is 37.9 Å². The second-order valence-corrected chi connectivity index (χ2v) is 10.2. The summed E-state index contributed by atoms with van der Waals surface area (Å²) in [6.45, 7) is 0. The molecule has 0 bridgehead atoms. The zero-order chi connectivity index (χ0) is 25.9. The van der Waals surface area contributed by atoms with Crippen molar-refractivity contribution in [2.75, 3.05) is 0 Å². The number of carboxylic acids is 1. The summed E-state index contributed by atoms with van der Waals surface area (Å²) >= 11 is 7.30. The van der Waals surface area contributed by atoms with Gasteiger partial charge >= 0.3 is 5.97 Å². The average molecular weight is 532 g/mol. The lowest BCUT2D eigenvalue weighted by molar-refractivity contribution is -0.139. The Labute approximate surface area is 221 Å². The van der Waals surface area contributed by atoms with Gasteiger partial charge in [0.25, 0.3) is 5.91 Å². The summed E-state index contributed by atoms with van der Waals surface area (Å²) in [6, 6.07) is 20.7. The highest BCUT2D eigenvalue weighted by Gasteiger charge is 2.24. The van der Waals surface area contributed by atoms with E-state index in [4.69, 9.17) is 16.0 Å². The molecule has 6 nitrogen and oxygen atoms in total. The molecule has 186 valence electrons. The third-order valence-corrected chi connectivity index (χ3v) is 7.48. The molecule has 5 rings (SSSR count). The molecule has 3 N–H and O–H groups in total. The van der Waals surface area contributed by atoms with Gasteiger partial charge in [0.2, 0.25) is 0 Å². The van der Waals surface area contributed by atoms with E-state index in [1.165, 1.54) is 17.4 Å². The smallest absolute Gasteiger partial charge is 0.326 e. The van der Waals surface area contributed by atoms with Crippen molar-refractivity contribution in [3.05, 3.63) is 112 Å². The van der Waals surface area contributed by atoms with Crippen molar-refractivity contribution < 1.29 is 24.2 Å². The van der Waals surface area contributed by atoms with Crippen LogP contribution in [0.15, 0.2) is 89.7 Å². The third kappa shape index (κ3) is 5.69. The molecule has 3 aromatic carbocycles. The second kappa shape index (κ2) is 10.5. The maximum atomic E-state index is 13.1. The molecule has 1 amide bonds. The van der Waals surface area contributed by atoms with Gasteiger partial charge in [-0.1, -0.05) is 35.9 Å². The highest BCUT2D eigenvalue weighted by atomic mass is 35.5. The zero-order valence-corrected chi connectivity index (χ0v) is 21.1. The lowest BCUT2D eigenvalue weighted by Gasteiger charge is -2.17. The van der Waals surface area contributed by atoms with Gasteiger partial charge < -0.3 is 19.9 Å². The topological polar surface area (TPSA) is 99.8 Å². The SMILES string of the molecule is O=C(N[C@@H](Cc1ccc(O)cc1Cc1ccoc1)C(=O)O)c1cc2cc(-c3ccc(Cl)cc3)ccc2s1. The van der Waals surface area contributed by atoms with Crippen molar-refractivity contribution in [2.24, 2.45) is 0 Å². The lowest BCUT2D eigenvalue weighted by atomic mass is 9.96. The molecule has 0 aliphatic carbocycles. The maximum absolute atomic E-state index is 13.1. The Balaban J connectivity index is 1.35. The minimum Gasteiger partial charge on any atom is -0.508 e. The number of furan rings is 1. The fraction of sp³-hybridized carbons (Fsp3) is 0.103. The number of fused-ring (bicyclic) bond motifs is 1. The molecule has 1 atom stereocenters. The van der Waals surface area contributed by atoms with Crippen LogP contribution < -0.4 is 5.32 Å². The van der Waals surface area contributed by atoms with Crippen LogP contribution in [0.2, 0.25) is 5.02 Å². The Hall–Kier alpha value is -4.07. The van der Waals surface area contributed by atoms with E-state index < -0.39 is 17.9 Å². The Kier molecular flexibility index (Phi) is 6.99. The van der Waals surface area contributed by atoms with E-state index in [0.29, 0.717) is 16.3 Å². The van der Waals surface area contributed by atoms with Crippen LogP contribution in [-0.2, 0) is 17.6 Å². The number of aromatic hydroxyl groups is 1. The number of hydrogen-bond acceptors (Lipinski definition) is 5. The number of benzene rings is 3.